The van der Waals surface area contributed by atoms with E-state index in [1.54, 1.807) is 0 Å². The number of nitrogens with one attached hydrogen (secondary N) is 1. The molecule has 0 aliphatic heterocycles. The van der Waals surface area contributed by atoms with Crippen LogP contribution >= 0.6 is 23.2 Å². The molecule has 2 nitrogen and oxygen atoms in total. The van der Waals surface area contributed by atoms with Crippen molar-refractivity contribution in [2.75, 3.05) is 0 Å². The van der Waals surface area contributed by atoms with Crippen LogP contribution in [0, 0.1) is 0 Å². The highest BCUT2D eigenvalue weighted by Gasteiger charge is 2.19. The van der Waals surface area contributed by atoms with Gasteiger partial charge in [-0.2, -0.15) is 0 Å². The second-order valence-electron chi connectivity index (χ2n) is 3.06. The zero-order chi connectivity index (χ0) is 8.36. The molecule has 0 aromatic heterocycles. The maximum atomic E-state index is 10.4. The zero-order valence-corrected chi connectivity index (χ0v) is 7.75. The summed E-state index contributed by atoms with van der Waals surface area (Å²) in [5.74, 6) is 0. The van der Waals surface area contributed by atoms with Crippen molar-refractivity contribution in [3.8, 4) is 0 Å². The van der Waals surface area contributed by atoms with E-state index in [1.165, 1.54) is 0 Å². The fourth-order valence-electron chi connectivity index (χ4n) is 0.437. The van der Waals surface area contributed by atoms with Gasteiger partial charge < -0.3 is 0 Å². The highest BCUT2D eigenvalue weighted by molar-refractivity contribution is 6.69. The summed E-state index contributed by atoms with van der Waals surface area (Å²) < 4.78 is 0. The standard InChI is InChI=1S/C6H11Cl2NO/c1-6(2,3)9-4(7)5(8)10/h4,9H,1-3H3. The van der Waals surface area contributed by atoms with Crippen molar-refractivity contribution in [1.29, 1.82) is 0 Å². The van der Waals surface area contributed by atoms with E-state index in [9.17, 15) is 4.79 Å². The molecular weight excluding hydrogens is 173 g/mol. The van der Waals surface area contributed by atoms with E-state index >= 15 is 0 Å². The van der Waals surface area contributed by atoms with Gasteiger partial charge in [0.05, 0.1) is 0 Å². The minimum atomic E-state index is -0.790. The van der Waals surface area contributed by atoms with E-state index in [2.05, 4.69) is 5.32 Å². The lowest BCUT2D eigenvalue weighted by molar-refractivity contribution is -0.112. The van der Waals surface area contributed by atoms with E-state index in [1.807, 2.05) is 20.8 Å². The van der Waals surface area contributed by atoms with Crippen LogP contribution < -0.4 is 5.32 Å². The van der Waals surface area contributed by atoms with Crippen LogP contribution in [0.5, 0.6) is 0 Å². The molecule has 60 valence electrons. The van der Waals surface area contributed by atoms with Gasteiger partial charge >= 0.3 is 0 Å². The van der Waals surface area contributed by atoms with Crippen LogP contribution in [-0.2, 0) is 4.79 Å². The molecule has 4 heteroatoms. The van der Waals surface area contributed by atoms with Gasteiger partial charge in [0.25, 0.3) is 5.24 Å². The van der Waals surface area contributed by atoms with Gasteiger partial charge in [0.2, 0.25) is 0 Å². The summed E-state index contributed by atoms with van der Waals surface area (Å²) in [6, 6.07) is 0. The Balaban J connectivity index is 3.80. The number of alkyl halides is 1. The SMILES string of the molecule is CC(C)(C)NC(Cl)C(=O)Cl. The molecule has 10 heavy (non-hydrogen) atoms. The predicted molar refractivity (Wildman–Crippen MR) is 43.4 cm³/mol. The molecule has 0 rings (SSSR count). The Morgan fingerprint density at radius 3 is 2.00 bits per heavy atom. The van der Waals surface area contributed by atoms with E-state index in [-0.39, 0.29) is 5.54 Å². The molecule has 0 spiro atoms. The average molecular weight is 184 g/mol. The third kappa shape index (κ3) is 5.03. The lowest BCUT2D eigenvalue weighted by Gasteiger charge is -2.22. The van der Waals surface area contributed by atoms with Gasteiger partial charge in [0.15, 0.2) is 5.50 Å². The number of hydrogen-bond donors (Lipinski definition) is 1. The largest absolute Gasteiger partial charge is 0.289 e. The van der Waals surface area contributed by atoms with Crippen LogP contribution in [0.25, 0.3) is 0 Å². The van der Waals surface area contributed by atoms with Crippen molar-refractivity contribution >= 4 is 28.4 Å². The number of carbonyl (C=O) groups excluding carboxylic acids is 1. The topological polar surface area (TPSA) is 29.1 Å². The molecule has 0 heterocycles. The molecule has 0 aliphatic rings. The Labute approximate surface area is 70.9 Å². The molecule has 1 atom stereocenters. The number of rotatable bonds is 2. The van der Waals surface area contributed by atoms with Gasteiger partial charge in [-0.05, 0) is 32.4 Å². The summed E-state index contributed by atoms with van der Waals surface area (Å²) in [5, 5.41) is 2.23. The molecule has 0 amide bonds. The van der Waals surface area contributed by atoms with Gasteiger partial charge in [0.1, 0.15) is 0 Å². The van der Waals surface area contributed by atoms with E-state index in [0.29, 0.717) is 0 Å². The average Bonchev–Trinajstić information content (AvgIpc) is 1.60. The predicted octanol–water partition coefficient (Wildman–Crippen LogP) is 1.70. The smallest absolute Gasteiger partial charge is 0.253 e. The summed E-state index contributed by atoms with van der Waals surface area (Å²) >= 11 is 10.6. The molecule has 0 aliphatic carbocycles. The fourth-order valence-corrected chi connectivity index (χ4v) is 0.819. The summed E-state index contributed by atoms with van der Waals surface area (Å²) in [6.07, 6.45) is 0. The van der Waals surface area contributed by atoms with Crippen LogP contribution in [0.15, 0.2) is 0 Å². The van der Waals surface area contributed by atoms with Gasteiger partial charge in [-0.3, -0.25) is 10.1 Å². The van der Waals surface area contributed by atoms with Crippen LogP contribution in [0.1, 0.15) is 20.8 Å². The summed E-state index contributed by atoms with van der Waals surface area (Å²) in [4.78, 5) is 10.4. The van der Waals surface area contributed by atoms with Crippen LogP contribution in [0.2, 0.25) is 0 Å². The molecule has 0 bridgehead atoms. The van der Waals surface area contributed by atoms with Crippen molar-refractivity contribution in [3.05, 3.63) is 0 Å². The first-order valence-corrected chi connectivity index (χ1v) is 3.75. The monoisotopic (exact) mass is 183 g/mol. The van der Waals surface area contributed by atoms with E-state index in [4.69, 9.17) is 23.2 Å². The first-order valence-electron chi connectivity index (χ1n) is 2.94. The van der Waals surface area contributed by atoms with Crippen LogP contribution in [-0.4, -0.2) is 16.3 Å². The summed E-state index contributed by atoms with van der Waals surface area (Å²) in [6.45, 7) is 5.71. The molecular formula is C6H11Cl2NO. The van der Waals surface area contributed by atoms with E-state index < -0.39 is 10.7 Å². The van der Waals surface area contributed by atoms with Crippen LogP contribution in [0.4, 0.5) is 0 Å². The number of hydrogen-bond acceptors (Lipinski definition) is 2. The molecule has 0 radical (unpaired) electrons. The number of halogens is 2. The Morgan fingerprint density at radius 2 is 1.90 bits per heavy atom. The number of carbonyl (C=O) groups is 1. The Bertz CT molecular complexity index is 130. The first-order chi connectivity index (χ1) is 4.33. The van der Waals surface area contributed by atoms with Crippen molar-refractivity contribution in [2.45, 2.75) is 31.8 Å². The molecule has 0 saturated heterocycles. The van der Waals surface area contributed by atoms with Crippen molar-refractivity contribution in [1.82, 2.24) is 5.32 Å². The van der Waals surface area contributed by atoms with Crippen molar-refractivity contribution in [3.63, 3.8) is 0 Å². The highest BCUT2D eigenvalue weighted by atomic mass is 35.5. The Hall–Kier alpha value is 0.210. The van der Waals surface area contributed by atoms with E-state index in [0.717, 1.165) is 0 Å². The van der Waals surface area contributed by atoms with Crippen molar-refractivity contribution in [2.24, 2.45) is 0 Å². The minimum absolute atomic E-state index is 0.184. The fraction of sp³-hybridized carbons (Fsp3) is 0.833. The van der Waals surface area contributed by atoms with Gasteiger partial charge in [-0.15, -0.1) is 0 Å². The molecule has 0 aromatic carbocycles. The van der Waals surface area contributed by atoms with Crippen LogP contribution in [0.3, 0.4) is 0 Å². The Morgan fingerprint density at radius 1 is 1.50 bits per heavy atom. The third-order valence-electron chi connectivity index (χ3n) is 0.759. The van der Waals surface area contributed by atoms with Crippen molar-refractivity contribution < 1.29 is 4.79 Å². The van der Waals surface area contributed by atoms with Gasteiger partial charge in [0, 0.05) is 5.54 Å². The maximum Gasteiger partial charge on any atom is 0.253 e. The lowest BCUT2D eigenvalue weighted by Crippen LogP contribution is -2.43. The normalized spacial score (nSPS) is 14.9. The third-order valence-corrected chi connectivity index (χ3v) is 1.40. The van der Waals surface area contributed by atoms with Gasteiger partial charge in [-0.25, -0.2) is 0 Å². The molecule has 1 N–H and O–H groups in total. The summed E-state index contributed by atoms with van der Waals surface area (Å²) in [7, 11) is 0. The maximum absolute atomic E-state index is 10.4. The highest BCUT2D eigenvalue weighted by Crippen LogP contribution is 2.05. The Kier molecular flexibility index (Phi) is 3.63. The quantitative estimate of drug-likeness (QED) is 0.402. The second kappa shape index (κ2) is 3.56. The summed E-state index contributed by atoms with van der Waals surface area (Å²) in [5.41, 5.74) is -0.974. The minimum Gasteiger partial charge on any atom is -0.289 e. The molecule has 0 saturated carbocycles. The first kappa shape index (κ1) is 10.2. The second-order valence-corrected chi connectivity index (χ2v) is 3.87. The molecule has 0 fully saturated rings. The molecule has 0 aromatic rings. The van der Waals surface area contributed by atoms with Gasteiger partial charge in [-0.1, -0.05) is 11.6 Å². The molecule has 1 unspecified atom stereocenters. The lowest BCUT2D eigenvalue weighted by atomic mass is 10.1. The zero-order valence-electron chi connectivity index (χ0n) is 6.24.